The van der Waals surface area contributed by atoms with Crippen LogP contribution in [-0.4, -0.2) is 13.2 Å². The summed E-state index contributed by atoms with van der Waals surface area (Å²) in [4.78, 5) is 0. The molecule has 14 heavy (non-hydrogen) atoms. The van der Waals surface area contributed by atoms with E-state index in [1.54, 1.807) is 7.11 Å². The highest BCUT2D eigenvalue weighted by Gasteiger charge is 2.23. The van der Waals surface area contributed by atoms with Gasteiger partial charge in [0.2, 0.25) is 0 Å². The van der Waals surface area contributed by atoms with Crippen LogP contribution < -0.4 is 15.2 Å². The van der Waals surface area contributed by atoms with Crippen LogP contribution in [0.5, 0.6) is 11.5 Å². The zero-order chi connectivity index (χ0) is 9.97. The fraction of sp³-hybridized carbons (Fsp3) is 0.455. The van der Waals surface area contributed by atoms with Crippen LogP contribution >= 0.6 is 0 Å². The first kappa shape index (κ1) is 9.34. The quantitative estimate of drug-likeness (QED) is 0.791. The van der Waals surface area contributed by atoms with Crippen molar-refractivity contribution in [3.05, 3.63) is 23.8 Å². The Morgan fingerprint density at radius 2 is 2.21 bits per heavy atom. The van der Waals surface area contributed by atoms with E-state index in [0.717, 1.165) is 17.1 Å². The van der Waals surface area contributed by atoms with Crippen LogP contribution in [0.2, 0.25) is 0 Å². The van der Waals surface area contributed by atoms with E-state index in [9.17, 15) is 0 Å². The van der Waals surface area contributed by atoms with Gasteiger partial charge in [0.05, 0.1) is 13.2 Å². The number of nitrogens with two attached hydrogens (primary N) is 1. The Balaban J connectivity index is 2.16. The van der Waals surface area contributed by atoms with Crippen molar-refractivity contribution in [1.29, 1.82) is 0 Å². The number of ether oxygens (including phenoxy) is 2. The third kappa shape index (κ3) is 1.99. The second kappa shape index (κ2) is 3.88. The molecular weight excluding hydrogens is 178 g/mol. The molecule has 2 rings (SSSR count). The first-order chi connectivity index (χ1) is 6.83. The monoisotopic (exact) mass is 193 g/mol. The molecular formula is C11H15NO2. The van der Waals surface area contributed by atoms with Gasteiger partial charge in [-0.25, -0.2) is 0 Å². The molecule has 1 aliphatic carbocycles. The fourth-order valence-electron chi connectivity index (χ4n) is 1.37. The van der Waals surface area contributed by atoms with E-state index >= 15 is 0 Å². The molecule has 1 aliphatic rings. The first-order valence-corrected chi connectivity index (χ1v) is 4.87. The summed E-state index contributed by atoms with van der Waals surface area (Å²) in [7, 11) is 1.65. The number of rotatable bonds is 4. The fourth-order valence-corrected chi connectivity index (χ4v) is 1.37. The molecule has 0 spiro atoms. The van der Waals surface area contributed by atoms with E-state index in [1.165, 1.54) is 12.8 Å². The standard InChI is InChI=1S/C11H15NO2/c1-13-11-5-4-10(6-8(11)7-12)14-9-2-3-9/h4-6,9H,2-3,7,12H2,1H3. The molecule has 76 valence electrons. The normalized spacial score (nSPS) is 15.3. The molecule has 0 atom stereocenters. The molecule has 0 saturated heterocycles. The second-order valence-electron chi connectivity index (χ2n) is 3.49. The van der Waals surface area contributed by atoms with Gasteiger partial charge >= 0.3 is 0 Å². The van der Waals surface area contributed by atoms with Crippen molar-refractivity contribution in [2.75, 3.05) is 7.11 Å². The van der Waals surface area contributed by atoms with Crippen molar-refractivity contribution in [3.8, 4) is 11.5 Å². The van der Waals surface area contributed by atoms with E-state index in [1.807, 2.05) is 18.2 Å². The average molecular weight is 193 g/mol. The van der Waals surface area contributed by atoms with Crippen molar-refractivity contribution in [1.82, 2.24) is 0 Å². The largest absolute Gasteiger partial charge is 0.496 e. The maximum absolute atomic E-state index is 5.66. The summed E-state index contributed by atoms with van der Waals surface area (Å²) in [6.45, 7) is 0.477. The highest BCUT2D eigenvalue weighted by atomic mass is 16.5. The summed E-state index contributed by atoms with van der Waals surface area (Å²) in [5, 5.41) is 0. The van der Waals surface area contributed by atoms with Gasteiger partial charge in [0.25, 0.3) is 0 Å². The lowest BCUT2D eigenvalue weighted by Crippen LogP contribution is -2.02. The maximum Gasteiger partial charge on any atom is 0.123 e. The molecule has 0 aromatic heterocycles. The zero-order valence-electron chi connectivity index (χ0n) is 8.32. The summed E-state index contributed by atoms with van der Waals surface area (Å²) in [5.74, 6) is 1.73. The van der Waals surface area contributed by atoms with Crippen LogP contribution in [0.1, 0.15) is 18.4 Å². The summed E-state index contributed by atoms with van der Waals surface area (Å²) in [5.41, 5.74) is 6.60. The number of methoxy groups -OCH3 is 1. The van der Waals surface area contributed by atoms with Crippen molar-refractivity contribution in [2.45, 2.75) is 25.5 Å². The molecule has 1 aromatic rings. The number of benzene rings is 1. The van der Waals surface area contributed by atoms with E-state index in [0.29, 0.717) is 12.6 Å². The van der Waals surface area contributed by atoms with Gasteiger partial charge in [-0.1, -0.05) is 0 Å². The molecule has 0 unspecified atom stereocenters. The SMILES string of the molecule is COc1ccc(OC2CC2)cc1CN. The third-order valence-electron chi connectivity index (χ3n) is 2.30. The van der Waals surface area contributed by atoms with E-state index in [2.05, 4.69) is 0 Å². The Labute approximate surface area is 83.8 Å². The van der Waals surface area contributed by atoms with Crippen molar-refractivity contribution >= 4 is 0 Å². The summed E-state index contributed by atoms with van der Waals surface area (Å²) < 4.78 is 10.8. The lowest BCUT2D eigenvalue weighted by atomic mass is 10.2. The van der Waals surface area contributed by atoms with Crippen LogP contribution in [-0.2, 0) is 6.54 Å². The zero-order valence-corrected chi connectivity index (χ0v) is 8.32. The summed E-state index contributed by atoms with van der Waals surface area (Å²) in [6.07, 6.45) is 2.77. The van der Waals surface area contributed by atoms with Gasteiger partial charge in [0.15, 0.2) is 0 Å². The van der Waals surface area contributed by atoms with Crippen LogP contribution in [0, 0.1) is 0 Å². The second-order valence-corrected chi connectivity index (χ2v) is 3.49. The Hall–Kier alpha value is -1.22. The molecule has 0 aliphatic heterocycles. The van der Waals surface area contributed by atoms with Crippen LogP contribution in [0.4, 0.5) is 0 Å². The van der Waals surface area contributed by atoms with E-state index in [4.69, 9.17) is 15.2 Å². The molecule has 0 bridgehead atoms. The molecule has 3 nitrogen and oxygen atoms in total. The minimum Gasteiger partial charge on any atom is -0.496 e. The highest BCUT2D eigenvalue weighted by Crippen LogP contribution is 2.29. The lowest BCUT2D eigenvalue weighted by molar-refractivity contribution is 0.302. The van der Waals surface area contributed by atoms with E-state index in [-0.39, 0.29) is 0 Å². The smallest absolute Gasteiger partial charge is 0.123 e. The van der Waals surface area contributed by atoms with E-state index < -0.39 is 0 Å². The van der Waals surface area contributed by atoms with Crippen LogP contribution in [0.25, 0.3) is 0 Å². The van der Waals surface area contributed by atoms with Gasteiger partial charge in [0.1, 0.15) is 11.5 Å². The Morgan fingerprint density at radius 3 is 2.79 bits per heavy atom. The number of hydrogen-bond acceptors (Lipinski definition) is 3. The van der Waals surface area contributed by atoms with Crippen molar-refractivity contribution in [3.63, 3.8) is 0 Å². The predicted octanol–water partition coefficient (Wildman–Crippen LogP) is 1.70. The Kier molecular flexibility index (Phi) is 2.59. The average Bonchev–Trinajstić information content (AvgIpc) is 3.01. The molecule has 0 heterocycles. The van der Waals surface area contributed by atoms with Crippen molar-refractivity contribution in [2.24, 2.45) is 5.73 Å². The molecule has 1 fully saturated rings. The molecule has 0 amide bonds. The third-order valence-corrected chi connectivity index (χ3v) is 2.30. The Bertz CT molecular complexity index is 321. The molecule has 0 radical (unpaired) electrons. The Morgan fingerprint density at radius 1 is 1.43 bits per heavy atom. The van der Waals surface area contributed by atoms with Gasteiger partial charge in [0, 0.05) is 12.1 Å². The predicted molar refractivity (Wildman–Crippen MR) is 54.5 cm³/mol. The minimum absolute atomic E-state index is 0.425. The summed E-state index contributed by atoms with van der Waals surface area (Å²) in [6, 6.07) is 5.79. The lowest BCUT2D eigenvalue weighted by Gasteiger charge is -2.09. The molecule has 3 heteroatoms. The molecule has 1 saturated carbocycles. The van der Waals surface area contributed by atoms with Crippen LogP contribution in [0.3, 0.4) is 0 Å². The first-order valence-electron chi connectivity index (χ1n) is 4.87. The van der Waals surface area contributed by atoms with Gasteiger partial charge in [-0.3, -0.25) is 0 Å². The van der Waals surface area contributed by atoms with Gasteiger partial charge in [-0.15, -0.1) is 0 Å². The molecule has 2 N–H and O–H groups in total. The van der Waals surface area contributed by atoms with Crippen molar-refractivity contribution < 1.29 is 9.47 Å². The minimum atomic E-state index is 0.425. The number of hydrogen-bond donors (Lipinski definition) is 1. The van der Waals surface area contributed by atoms with Crippen LogP contribution in [0.15, 0.2) is 18.2 Å². The van der Waals surface area contributed by atoms with Gasteiger partial charge in [-0.2, -0.15) is 0 Å². The maximum atomic E-state index is 5.66. The highest BCUT2D eigenvalue weighted by molar-refractivity contribution is 5.40. The molecule has 1 aromatic carbocycles. The topological polar surface area (TPSA) is 44.5 Å². The van der Waals surface area contributed by atoms with Gasteiger partial charge in [-0.05, 0) is 31.0 Å². The van der Waals surface area contributed by atoms with Gasteiger partial charge < -0.3 is 15.2 Å². The summed E-state index contributed by atoms with van der Waals surface area (Å²) >= 11 is 0.